The summed E-state index contributed by atoms with van der Waals surface area (Å²) in [6.07, 6.45) is 1.75. The third-order valence-electron chi connectivity index (χ3n) is 4.48. The molecule has 1 atom stereocenters. The predicted octanol–water partition coefficient (Wildman–Crippen LogP) is 3.36. The van der Waals surface area contributed by atoms with Gasteiger partial charge in [-0.1, -0.05) is 55.3 Å². The lowest BCUT2D eigenvalue weighted by Crippen LogP contribution is -2.36. The molecule has 1 aliphatic heterocycles. The molecular weight excluding hydrogens is 302 g/mol. The number of nitrogens with one attached hydrogen (secondary N) is 1. The highest BCUT2D eigenvalue weighted by Crippen LogP contribution is 2.39. The molecule has 0 spiro atoms. The summed E-state index contributed by atoms with van der Waals surface area (Å²) in [4.78, 5) is 24.8. The van der Waals surface area contributed by atoms with E-state index in [0.717, 1.165) is 18.4 Å². The van der Waals surface area contributed by atoms with Crippen LogP contribution in [0.1, 0.15) is 46.8 Å². The van der Waals surface area contributed by atoms with Crippen LogP contribution in [0, 0.1) is 6.92 Å². The van der Waals surface area contributed by atoms with Crippen molar-refractivity contribution in [2.45, 2.75) is 38.7 Å². The Hall–Kier alpha value is -2.46. The van der Waals surface area contributed by atoms with Gasteiger partial charge in [0.1, 0.15) is 0 Å². The minimum Gasteiger partial charge on any atom is -0.375 e. The first-order chi connectivity index (χ1) is 11.4. The highest BCUT2D eigenvalue weighted by atomic mass is 16.3. The van der Waals surface area contributed by atoms with Gasteiger partial charge < -0.3 is 10.4 Å². The maximum absolute atomic E-state index is 12.6. The molecule has 1 aliphatic rings. The fourth-order valence-corrected chi connectivity index (χ4v) is 3.11. The first-order valence-electron chi connectivity index (χ1n) is 8.21. The molecule has 4 heteroatoms. The van der Waals surface area contributed by atoms with Gasteiger partial charge in [0.05, 0.1) is 6.42 Å². The van der Waals surface area contributed by atoms with Crippen LogP contribution in [0.4, 0.5) is 5.69 Å². The van der Waals surface area contributed by atoms with Gasteiger partial charge in [-0.3, -0.25) is 9.59 Å². The van der Waals surface area contributed by atoms with E-state index in [1.54, 1.807) is 24.3 Å². The first-order valence-corrected chi connectivity index (χ1v) is 8.21. The Labute approximate surface area is 141 Å². The van der Waals surface area contributed by atoms with Gasteiger partial charge in [-0.25, -0.2) is 0 Å². The van der Waals surface area contributed by atoms with E-state index in [1.165, 1.54) is 5.56 Å². The maximum Gasteiger partial charge on any atom is 0.261 e. The van der Waals surface area contributed by atoms with Crippen LogP contribution in [0.15, 0.2) is 42.5 Å². The zero-order valence-corrected chi connectivity index (χ0v) is 13.9. The van der Waals surface area contributed by atoms with Gasteiger partial charge >= 0.3 is 0 Å². The van der Waals surface area contributed by atoms with Crippen molar-refractivity contribution in [3.05, 3.63) is 64.7 Å². The summed E-state index contributed by atoms with van der Waals surface area (Å²) in [5, 5.41) is 13.5. The molecule has 1 amide bonds. The van der Waals surface area contributed by atoms with Gasteiger partial charge in [-0.2, -0.15) is 0 Å². The van der Waals surface area contributed by atoms with E-state index in [9.17, 15) is 14.7 Å². The summed E-state index contributed by atoms with van der Waals surface area (Å²) in [5.41, 5.74) is 1.85. The van der Waals surface area contributed by atoms with Crippen molar-refractivity contribution >= 4 is 17.4 Å². The smallest absolute Gasteiger partial charge is 0.261 e. The molecule has 0 aromatic heterocycles. The van der Waals surface area contributed by atoms with Crippen LogP contribution < -0.4 is 5.32 Å². The number of aryl methyl sites for hydroxylation is 2. The Kier molecular flexibility index (Phi) is 4.24. The van der Waals surface area contributed by atoms with Crippen molar-refractivity contribution in [3.63, 3.8) is 0 Å². The van der Waals surface area contributed by atoms with Crippen LogP contribution in [-0.2, 0) is 16.8 Å². The Balaban J connectivity index is 1.86. The third kappa shape index (κ3) is 2.85. The lowest BCUT2D eigenvalue weighted by atomic mass is 9.87. The number of amides is 1. The fourth-order valence-electron chi connectivity index (χ4n) is 3.11. The lowest BCUT2D eigenvalue weighted by molar-refractivity contribution is -0.133. The molecule has 0 unspecified atom stereocenters. The number of anilines is 1. The molecule has 0 aliphatic carbocycles. The number of hydrogen-bond donors (Lipinski definition) is 2. The topological polar surface area (TPSA) is 66.4 Å². The van der Waals surface area contributed by atoms with Crippen molar-refractivity contribution in [3.8, 4) is 0 Å². The zero-order valence-electron chi connectivity index (χ0n) is 13.9. The maximum atomic E-state index is 12.6. The van der Waals surface area contributed by atoms with Gasteiger partial charge in [-0.15, -0.1) is 0 Å². The molecular formula is C20H21NO3. The van der Waals surface area contributed by atoms with E-state index >= 15 is 0 Å². The number of rotatable bonds is 5. The number of ketones is 1. The lowest BCUT2D eigenvalue weighted by Gasteiger charge is -2.20. The zero-order chi connectivity index (χ0) is 17.3. The first kappa shape index (κ1) is 16.4. The van der Waals surface area contributed by atoms with Gasteiger partial charge in [-0.05, 0) is 25.0 Å². The normalized spacial score (nSPS) is 19.0. The van der Waals surface area contributed by atoms with Crippen LogP contribution in [0.2, 0.25) is 0 Å². The van der Waals surface area contributed by atoms with Gasteiger partial charge in [0.2, 0.25) is 0 Å². The molecule has 2 aromatic carbocycles. The minimum atomic E-state index is -1.81. The average molecular weight is 323 g/mol. The van der Waals surface area contributed by atoms with Crippen molar-refractivity contribution in [2.75, 3.05) is 5.32 Å². The van der Waals surface area contributed by atoms with Crippen LogP contribution in [0.5, 0.6) is 0 Å². The third-order valence-corrected chi connectivity index (χ3v) is 4.48. The van der Waals surface area contributed by atoms with Crippen LogP contribution in [0.25, 0.3) is 0 Å². The summed E-state index contributed by atoms with van der Waals surface area (Å²) in [6.45, 7) is 3.99. The molecule has 4 nitrogen and oxygen atoms in total. The van der Waals surface area contributed by atoms with Crippen molar-refractivity contribution in [1.82, 2.24) is 0 Å². The Morgan fingerprint density at radius 2 is 1.88 bits per heavy atom. The standard InChI is InChI=1S/C20H21NO3/c1-3-4-14-6-8-15(9-7-14)18(22)12-20(24)16-11-13(2)5-10-17(16)21-19(20)23/h5-11,24H,3-4,12H2,1-2H3,(H,21,23)/t20-/m0/s1. The molecule has 2 aromatic rings. The van der Waals surface area contributed by atoms with E-state index in [0.29, 0.717) is 16.8 Å². The summed E-state index contributed by atoms with van der Waals surface area (Å²) in [6, 6.07) is 12.7. The quantitative estimate of drug-likeness (QED) is 0.829. The van der Waals surface area contributed by atoms with Crippen molar-refractivity contribution in [1.29, 1.82) is 0 Å². The van der Waals surface area contributed by atoms with Gasteiger partial charge in [0.25, 0.3) is 5.91 Å². The van der Waals surface area contributed by atoms with E-state index < -0.39 is 11.5 Å². The molecule has 0 bridgehead atoms. The number of Topliss-reactive ketones (excluding diaryl/α,β-unsaturated/α-hetero) is 1. The van der Waals surface area contributed by atoms with Gasteiger partial charge in [0, 0.05) is 16.8 Å². The number of benzene rings is 2. The number of carbonyl (C=O) groups excluding carboxylic acids is 2. The number of aliphatic hydroxyl groups is 1. The average Bonchev–Trinajstić information content (AvgIpc) is 2.79. The van der Waals surface area contributed by atoms with Crippen molar-refractivity contribution < 1.29 is 14.7 Å². The highest BCUT2D eigenvalue weighted by molar-refractivity contribution is 6.09. The number of fused-ring (bicyclic) bond motifs is 1. The largest absolute Gasteiger partial charge is 0.375 e. The van der Waals surface area contributed by atoms with Crippen LogP contribution in [0.3, 0.4) is 0 Å². The number of carbonyl (C=O) groups is 2. The monoisotopic (exact) mass is 323 g/mol. The molecule has 0 saturated heterocycles. The summed E-state index contributed by atoms with van der Waals surface area (Å²) < 4.78 is 0. The molecule has 0 fully saturated rings. The summed E-state index contributed by atoms with van der Waals surface area (Å²) in [5.74, 6) is -0.788. The van der Waals surface area contributed by atoms with Crippen LogP contribution >= 0.6 is 0 Å². The van der Waals surface area contributed by atoms with E-state index in [1.807, 2.05) is 25.1 Å². The molecule has 3 rings (SSSR count). The Morgan fingerprint density at radius 1 is 1.17 bits per heavy atom. The second-order valence-corrected chi connectivity index (χ2v) is 6.41. The summed E-state index contributed by atoms with van der Waals surface area (Å²) >= 11 is 0. The Morgan fingerprint density at radius 3 is 2.54 bits per heavy atom. The minimum absolute atomic E-state index is 0.245. The number of hydrogen-bond acceptors (Lipinski definition) is 3. The van der Waals surface area contributed by atoms with Crippen molar-refractivity contribution in [2.24, 2.45) is 0 Å². The van der Waals surface area contributed by atoms with E-state index in [2.05, 4.69) is 12.2 Å². The molecule has 24 heavy (non-hydrogen) atoms. The molecule has 2 N–H and O–H groups in total. The van der Waals surface area contributed by atoms with E-state index in [-0.39, 0.29) is 12.2 Å². The Bertz CT molecular complexity index is 795. The SMILES string of the molecule is CCCc1ccc(C(=O)C[C@@]2(O)C(=O)Nc3ccc(C)cc32)cc1. The summed E-state index contributed by atoms with van der Waals surface area (Å²) in [7, 11) is 0. The van der Waals surface area contributed by atoms with Crippen LogP contribution in [-0.4, -0.2) is 16.8 Å². The molecule has 0 radical (unpaired) electrons. The molecule has 124 valence electrons. The molecule has 0 saturated carbocycles. The van der Waals surface area contributed by atoms with E-state index in [4.69, 9.17) is 0 Å². The second-order valence-electron chi connectivity index (χ2n) is 6.41. The molecule has 1 heterocycles. The second kappa shape index (κ2) is 6.21. The predicted molar refractivity (Wildman–Crippen MR) is 93.1 cm³/mol. The highest BCUT2D eigenvalue weighted by Gasteiger charge is 2.46. The fraction of sp³-hybridized carbons (Fsp3) is 0.300. The van der Waals surface area contributed by atoms with Gasteiger partial charge in [0.15, 0.2) is 11.4 Å².